The fourth-order valence-electron chi connectivity index (χ4n) is 3.58. The molecule has 0 amide bonds. The highest BCUT2D eigenvalue weighted by molar-refractivity contribution is 8.39. The third-order valence-corrected chi connectivity index (χ3v) is 7.34. The molecule has 2 aliphatic rings. The Kier molecular flexibility index (Phi) is 5.01. The maximum atomic E-state index is 12.9. The largest absolute Gasteiger partial charge is 0.416 e. The summed E-state index contributed by atoms with van der Waals surface area (Å²) < 4.78 is 39.2. The topological polar surface area (TPSA) is 36.9 Å². The minimum atomic E-state index is -4.36. The van der Waals surface area contributed by atoms with E-state index >= 15 is 0 Å². The molecule has 2 aromatic carbocycles. The summed E-state index contributed by atoms with van der Waals surface area (Å²) in [5, 5.41) is 5.15. The van der Waals surface area contributed by atoms with Crippen LogP contribution in [0, 0.1) is 0 Å². The van der Waals surface area contributed by atoms with E-state index in [1.807, 2.05) is 24.5 Å². The number of hydrogen-bond donors (Lipinski definition) is 1. The Balaban J connectivity index is 1.70. The average Bonchev–Trinajstić information content (AvgIpc) is 3.23. The Morgan fingerprint density at radius 3 is 2.54 bits per heavy atom. The first-order valence-corrected chi connectivity index (χ1v) is 10.6. The first kappa shape index (κ1) is 19.5. The fraction of sp³-hybridized carbons (Fsp3) is 0.316. The van der Waals surface area contributed by atoms with E-state index in [-0.39, 0.29) is 6.17 Å². The van der Waals surface area contributed by atoms with Crippen LogP contribution in [0.3, 0.4) is 0 Å². The number of anilines is 2. The molecule has 0 unspecified atom stereocenters. The lowest BCUT2D eigenvalue weighted by molar-refractivity contribution is -0.137. The quantitative estimate of drug-likeness (QED) is 0.733. The maximum Gasteiger partial charge on any atom is 0.416 e. The van der Waals surface area contributed by atoms with Crippen molar-refractivity contribution in [3.05, 3.63) is 59.7 Å². The van der Waals surface area contributed by atoms with E-state index in [0.29, 0.717) is 12.2 Å². The van der Waals surface area contributed by atoms with Crippen LogP contribution in [-0.4, -0.2) is 30.5 Å². The van der Waals surface area contributed by atoms with Gasteiger partial charge in [-0.25, -0.2) is 5.06 Å². The molecule has 4 nitrogen and oxygen atoms in total. The molecule has 4 rings (SSSR count). The molecule has 2 atom stereocenters. The normalized spacial score (nSPS) is 23.8. The van der Waals surface area contributed by atoms with Crippen LogP contribution >= 0.6 is 23.5 Å². The van der Waals surface area contributed by atoms with Crippen molar-refractivity contribution in [2.45, 2.75) is 17.1 Å². The van der Waals surface area contributed by atoms with Crippen molar-refractivity contribution in [2.24, 2.45) is 4.99 Å². The molecule has 9 heteroatoms. The minimum absolute atomic E-state index is 0.329. The smallest absolute Gasteiger partial charge is 0.362 e. The minimum Gasteiger partial charge on any atom is -0.362 e. The summed E-state index contributed by atoms with van der Waals surface area (Å²) in [6.07, 6.45) is -2.70. The lowest BCUT2D eigenvalue weighted by Gasteiger charge is -2.35. The number of alkyl halides is 3. The van der Waals surface area contributed by atoms with Gasteiger partial charge < -0.3 is 5.32 Å². The zero-order chi connectivity index (χ0) is 19.9. The Hall–Kier alpha value is -1.84. The van der Waals surface area contributed by atoms with Crippen molar-refractivity contribution < 1.29 is 18.0 Å². The molecule has 2 aromatic rings. The molecule has 2 aliphatic heterocycles. The molecule has 0 saturated heterocycles. The van der Waals surface area contributed by atoms with E-state index in [4.69, 9.17) is 4.84 Å². The van der Waals surface area contributed by atoms with Crippen molar-refractivity contribution in [2.75, 3.05) is 30.3 Å². The van der Waals surface area contributed by atoms with Gasteiger partial charge in [-0.05, 0) is 36.6 Å². The second-order valence-corrected chi connectivity index (χ2v) is 8.80. The van der Waals surface area contributed by atoms with Crippen molar-refractivity contribution in [3.63, 3.8) is 0 Å². The Labute approximate surface area is 169 Å². The summed E-state index contributed by atoms with van der Waals surface area (Å²) in [6, 6.07) is 13.0. The van der Waals surface area contributed by atoms with Gasteiger partial charge in [-0.1, -0.05) is 30.0 Å². The summed E-state index contributed by atoms with van der Waals surface area (Å²) >= 11 is 3.26. The van der Waals surface area contributed by atoms with Crippen molar-refractivity contribution in [1.82, 2.24) is 0 Å². The van der Waals surface area contributed by atoms with Crippen LogP contribution in [-0.2, 0) is 15.8 Å². The number of benzene rings is 2. The molecule has 0 fully saturated rings. The fourth-order valence-corrected chi connectivity index (χ4v) is 5.67. The predicted octanol–water partition coefficient (Wildman–Crippen LogP) is 5.19. The number of aliphatic imine (C=N–C) groups is 1. The lowest BCUT2D eigenvalue weighted by atomic mass is 9.97. The van der Waals surface area contributed by atoms with Crippen LogP contribution in [0.2, 0.25) is 0 Å². The van der Waals surface area contributed by atoms with Gasteiger partial charge in [0, 0.05) is 11.3 Å². The van der Waals surface area contributed by atoms with Gasteiger partial charge in [0.2, 0.25) is 0 Å². The van der Waals surface area contributed by atoms with Crippen LogP contribution in [0.1, 0.15) is 11.1 Å². The molecule has 0 aromatic heterocycles. The number of thioether (sulfide) groups is 2. The van der Waals surface area contributed by atoms with Gasteiger partial charge in [-0.2, -0.15) is 13.2 Å². The standard InChI is InChI=1S/C19H18F3N3OS2/c1-26-25-15-6-4-3-5-14(15)18(11-23-17(27-2)28-18)16(25)24-13-9-7-12(8-10-13)19(20,21)22/h3-10,16,24H,11H2,1-2H3/t16-,18-/m0/s1. The number of nitrogens with one attached hydrogen (secondary N) is 1. The summed E-state index contributed by atoms with van der Waals surface area (Å²) in [4.78, 5) is 10.3. The van der Waals surface area contributed by atoms with Gasteiger partial charge in [0.25, 0.3) is 0 Å². The third-order valence-electron chi connectivity index (χ3n) is 4.87. The first-order valence-electron chi connectivity index (χ1n) is 8.53. The first-order chi connectivity index (χ1) is 13.4. The summed E-state index contributed by atoms with van der Waals surface area (Å²) in [7, 11) is 1.59. The van der Waals surface area contributed by atoms with E-state index in [1.165, 1.54) is 12.1 Å². The second-order valence-electron chi connectivity index (χ2n) is 6.43. The van der Waals surface area contributed by atoms with E-state index in [1.54, 1.807) is 35.7 Å². The van der Waals surface area contributed by atoms with Gasteiger partial charge in [-0.3, -0.25) is 9.83 Å². The summed E-state index contributed by atoms with van der Waals surface area (Å²) in [6.45, 7) is 0.559. The van der Waals surface area contributed by atoms with Crippen LogP contribution in [0.4, 0.5) is 24.5 Å². The number of nitrogens with zero attached hydrogens (tertiary/aromatic N) is 2. The molecule has 1 spiro atoms. The summed E-state index contributed by atoms with van der Waals surface area (Å²) in [5.41, 5.74) is 1.94. The van der Waals surface area contributed by atoms with E-state index in [0.717, 1.165) is 27.8 Å². The average molecular weight is 426 g/mol. The Morgan fingerprint density at radius 1 is 1.21 bits per heavy atom. The number of halogens is 3. The van der Waals surface area contributed by atoms with Crippen LogP contribution in [0.15, 0.2) is 53.5 Å². The number of fused-ring (bicyclic) bond motifs is 2. The zero-order valence-corrected chi connectivity index (χ0v) is 16.8. The van der Waals surface area contributed by atoms with Crippen molar-refractivity contribution in [3.8, 4) is 0 Å². The van der Waals surface area contributed by atoms with Crippen LogP contribution in [0.25, 0.3) is 0 Å². The number of para-hydroxylation sites is 1. The second kappa shape index (κ2) is 7.20. The highest BCUT2D eigenvalue weighted by Gasteiger charge is 2.55. The van der Waals surface area contributed by atoms with Gasteiger partial charge in [0.05, 0.1) is 24.9 Å². The monoisotopic (exact) mass is 425 g/mol. The lowest BCUT2D eigenvalue weighted by Crippen LogP contribution is -2.48. The number of hydroxylamine groups is 1. The van der Waals surface area contributed by atoms with E-state index < -0.39 is 16.5 Å². The van der Waals surface area contributed by atoms with Crippen LogP contribution in [0.5, 0.6) is 0 Å². The van der Waals surface area contributed by atoms with Gasteiger partial charge in [-0.15, -0.1) is 11.8 Å². The molecule has 2 heterocycles. The Bertz CT molecular complexity index is 904. The molecule has 0 bridgehead atoms. The number of hydrogen-bond acceptors (Lipinski definition) is 6. The van der Waals surface area contributed by atoms with E-state index in [9.17, 15) is 13.2 Å². The van der Waals surface area contributed by atoms with Crippen molar-refractivity contribution >= 4 is 39.3 Å². The van der Waals surface area contributed by atoms with Gasteiger partial charge >= 0.3 is 6.18 Å². The van der Waals surface area contributed by atoms with E-state index in [2.05, 4.69) is 16.4 Å². The van der Waals surface area contributed by atoms with Gasteiger partial charge in [0.15, 0.2) is 0 Å². The zero-order valence-electron chi connectivity index (χ0n) is 15.2. The third kappa shape index (κ3) is 3.15. The van der Waals surface area contributed by atoms with Crippen molar-refractivity contribution in [1.29, 1.82) is 0 Å². The molecule has 148 valence electrons. The predicted molar refractivity (Wildman–Crippen MR) is 110 cm³/mol. The number of rotatable bonds is 3. The maximum absolute atomic E-state index is 12.9. The van der Waals surface area contributed by atoms with Gasteiger partial charge in [0.1, 0.15) is 15.3 Å². The molecular weight excluding hydrogens is 407 g/mol. The molecule has 0 saturated carbocycles. The Morgan fingerprint density at radius 2 is 1.93 bits per heavy atom. The highest BCUT2D eigenvalue weighted by Crippen LogP contribution is 2.56. The molecule has 0 aliphatic carbocycles. The molecule has 1 N–H and O–H groups in total. The molecule has 28 heavy (non-hydrogen) atoms. The highest BCUT2D eigenvalue weighted by atomic mass is 32.2. The summed E-state index contributed by atoms with van der Waals surface area (Å²) in [5.74, 6) is 0. The molecular formula is C19H18F3N3OS2. The van der Waals surface area contributed by atoms with Crippen LogP contribution < -0.4 is 10.4 Å². The molecule has 0 radical (unpaired) electrons. The SMILES string of the molecule is CON1c2ccccc2[C@@]2(CN=C(SC)S2)[C@H]1Nc1ccc(C(F)(F)F)cc1.